The second-order valence-corrected chi connectivity index (χ2v) is 6.96. The summed E-state index contributed by atoms with van der Waals surface area (Å²) in [5, 5.41) is 7.62. The van der Waals surface area contributed by atoms with Crippen molar-refractivity contribution in [3.8, 4) is 11.4 Å². The standard InChI is InChI=1S/C22H22ClN3O4/c1-4-29-22(28)18-12-24-26(16-8-6-5-7-9-16)21(18)25-19(27)13-30-17-10-14(2)20(23)15(3)11-17/h5-12H,4,13H2,1-3H3,(H,25,27). The molecule has 0 saturated heterocycles. The molecule has 0 fully saturated rings. The molecule has 1 N–H and O–H groups in total. The summed E-state index contributed by atoms with van der Waals surface area (Å²) < 4.78 is 12.2. The first-order valence-corrected chi connectivity index (χ1v) is 9.78. The van der Waals surface area contributed by atoms with Crippen LogP contribution >= 0.6 is 11.6 Å². The van der Waals surface area contributed by atoms with Crippen LogP contribution in [0, 0.1) is 13.8 Å². The van der Waals surface area contributed by atoms with Crippen LogP contribution in [0.25, 0.3) is 5.69 Å². The third-order valence-corrected chi connectivity index (χ3v) is 4.90. The van der Waals surface area contributed by atoms with Gasteiger partial charge in [0.2, 0.25) is 0 Å². The largest absolute Gasteiger partial charge is 0.484 e. The van der Waals surface area contributed by atoms with Gasteiger partial charge in [-0.2, -0.15) is 5.10 Å². The van der Waals surface area contributed by atoms with E-state index < -0.39 is 11.9 Å². The highest BCUT2D eigenvalue weighted by molar-refractivity contribution is 6.32. The van der Waals surface area contributed by atoms with Crippen molar-refractivity contribution in [3.63, 3.8) is 0 Å². The summed E-state index contributed by atoms with van der Waals surface area (Å²) in [5.41, 5.74) is 2.57. The number of carbonyl (C=O) groups is 2. The Bertz CT molecular complexity index is 1040. The highest BCUT2D eigenvalue weighted by Crippen LogP contribution is 2.26. The molecule has 3 rings (SSSR count). The number of carbonyl (C=O) groups excluding carboxylic acids is 2. The third kappa shape index (κ3) is 4.80. The van der Waals surface area contributed by atoms with E-state index in [9.17, 15) is 9.59 Å². The Morgan fingerprint density at radius 3 is 2.43 bits per heavy atom. The predicted molar refractivity (Wildman–Crippen MR) is 115 cm³/mol. The Morgan fingerprint density at radius 1 is 1.13 bits per heavy atom. The van der Waals surface area contributed by atoms with E-state index in [1.54, 1.807) is 19.1 Å². The van der Waals surface area contributed by atoms with Crippen LogP contribution in [0.15, 0.2) is 48.7 Å². The Labute approximate surface area is 179 Å². The highest BCUT2D eigenvalue weighted by atomic mass is 35.5. The Kier molecular flexibility index (Phi) is 6.74. The van der Waals surface area contributed by atoms with Gasteiger partial charge in [-0.05, 0) is 56.2 Å². The number of esters is 1. The predicted octanol–water partition coefficient (Wildman–Crippen LogP) is 4.34. The lowest BCUT2D eigenvalue weighted by molar-refractivity contribution is -0.118. The third-order valence-electron chi connectivity index (χ3n) is 4.30. The number of anilines is 1. The molecule has 0 saturated carbocycles. The topological polar surface area (TPSA) is 82.5 Å². The molecule has 0 aliphatic rings. The number of ether oxygens (including phenoxy) is 2. The lowest BCUT2D eigenvalue weighted by atomic mass is 10.1. The van der Waals surface area contributed by atoms with Crippen LogP contribution in [0.4, 0.5) is 5.82 Å². The van der Waals surface area contributed by atoms with E-state index in [1.165, 1.54) is 10.9 Å². The molecule has 0 aliphatic carbocycles. The number of para-hydroxylation sites is 1. The van der Waals surface area contributed by atoms with Crippen LogP contribution in [-0.2, 0) is 9.53 Å². The maximum atomic E-state index is 12.6. The van der Waals surface area contributed by atoms with E-state index in [0.717, 1.165) is 11.1 Å². The number of hydrogen-bond donors (Lipinski definition) is 1. The number of rotatable bonds is 7. The van der Waals surface area contributed by atoms with Gasteiger partial charge in [-0.3, -0.25) is 4.79 Å². The molecule has 8 heteroatoms. The van der Waals surface area contributed by atoms with Crippen molar-refractivity contribution >= 4 is 29.3 Å². The molecular formula is C22H22ClN3O4. The molecule has 0 atom stereocenters. The number of nitrogens with one attached hydrogen (secondary N) is 1. The SMILES string of the molecule is CCOC(=O)c1cnn(-c2ccccc2)c1NC(=O)COc1cc(C)c(Cl)c(C)c1. The Balaban J connectivity index is 1.81. The van der Waals surface area contributed by atoms with Crippen LogP contribution in [0.1, 0.15) is 28.4 Å². The first-order chi connectivity index (χ1) is 14.4. The summed E-state index contributed by atoms with van der Waals surface area (Å²) in [4.78, 5) is 24.9. The molecule has 0 spiro atoms. The molecule has 1 amide bonds. The van der Waals surface area contributed by atoms with Crippen molar-refractivity contribution in [2.45, 2.75) is 20.8 Å². The van der Waals surface area contributed by atoms with Crippen molar-refractivity contribution in [1.82, 2.24) is 9.78 Å². The summed E-state index contributed by atoms with van der Waals surface area (Å²) in [5.74, 6) is -0.258. The number of amides is 1. The summed E-state index contributed by atoms with van der Waals surface area (Å²) in [6.45, 7) is 5.41. The number of halogens is 1. The van der Waals surface area contributed by atoms with Crippen molar-refractivity contribution in [1.29, 1.82) is 0 Å². The zero-order valence-electron chi connectivity index (χ0n) is 16.9. The minimum atomic E-state index is -0.570. The average Bonchev–Trinajstić information content (AvgIpc) is 3.14. The fourth-order valence-electron chi connectivity index (χ4n) is 2.90. The second kappa shape index (κ2) is 9.45. The number of aromatic nitrogens is 2. The molecule has 7 nitrogen and oxygen atoms in total. The monoisotopic (exact) mass is 427 g/mol. The van der Waals surface area contributed by atoms with Crippen LogP contribution in [-0.4, -0.2) is 34.9 Å². The molecule has 3 aromatic rings. The molecular weight excluding hydrogens is 406 g/mol. The zero-order valence-corrected chi connectivity index (χ0v) is 17.7. The smallest absolute Gasteiger partial charge is 0.343 e. The molecule has 0 aliphatic heterocycles. The van der Waals surface area contributed by atoms with Gasteiger partial charge in [0.15, 0.2) is 12.4 Å². The van der Waals surface area contributed by atoms with Gasteiger partial charge in [0.05, 0.1) is 18.5 Å². The van der Waals surface area contributed by atoms with E-state index >= 15 is 0 Å². The maximum absolute atomic E-state index is 12.6. The number of aryl methyl sites for hydroxylation is 2. The summed E-state index contributed by atoms with van der Waals surface area (Å²) in [6, 6.07) is 12.7. The molecule has 156 valence electrons. The van der Waals surface area contributed by atoms with Crippen molar-refractivity contribution < 1.29 is 19.1 Å². The van der Waals surface area contributed by atoms with Crippen molar-refractivity contribution in [2.24, 2.45) is 0 Å². The minimum Gasteiger partial charge on any atom is -0.484 e. The van der Waals surface area contributed by atoms with Gasteiger partial charge in [0, 0.05) is 5.02 Å². The van der Waals surface area contributed by atoms with Gasteiger partial charge >= 0.3 is 5.97 Å². The second-order valence-electron chi connectivity index (χ2n) is 6.58. The molecule has 0 unspecified atom stereocenters. The van der Waals surface area contributed by atoms with Gasteiger partial charge < -0.3 is 14.8 Å². The maximum Gasteiger partial charge on any atom is 0.343 e. The highest BCUT2D eigenvalue weighted by Gasteiger charge is 2.21. The van der Waals surface area contributed by atoms with E-state index in [0.29, 0.717) is 16.5 Å². The quantitative estimate of drug-likeness (QED) is 0.567. The van der Waals surface area contributed by atoms with Crippen molar-refractivity contribution in [2.75, 3.05) is 18.5 Å². The Morgan fingerprint density at radius 2 is 1.80 bits per heavy atom. The number of benzene rings is 2. The molecule has 0 bridgehead atoms. The summed E-state index contributed by atoms with van der Waals surface area (Å²) >= 11 is 6.17. The fraction of sp³-hybridized carbons (Fsp3) is 0.227. The molecule has 1 heterocycles. The molecule has 2 aromatic carbocycles. The summed E-state index contributed by atoms with van der Waals surface area (Å²) in [6.07, 6.45) is 1.37. The molecule has 1 aromatic heterocycles. The first-order valence-electron chi connectivity index (χ1n) is 9.40. The molecule has 0 radical (unpaired) electrons. The van der Waals surface area contributed by atoms with E-state index in [4.69, 9.17) is 21.1 Å². The van der Waals surface area contributed by atoms with Crippen LogP contribution in [0.5, 0.6) is 5.75 Å². The number of nitrogens with zero attached hydrogens (tertiary/aromatic N) is 2. The van der Waals surface area contributed by atoms with E-state index in [2.05, 4.69) is 10.4 Å². The Hall–Kier alpha value is -3.32. The number of hydrogen-bond acceptors (Lipinski definition) is 5. The van der Waals surface area contributed by atoms with Crippen LogP contribution in [0.3, 0.4) is 0 Å². The van der Waals surface area contributed by atoms with Gasteiger partial charge in [0.25, 0.3) is 5.91 Å². The fourth-order valence-corrected chi connectivity index (χ4v) is 3.01. The van der Waals surface area contributed by atoms with Crippen LogP contribution < -0.4 is 10.1 Å². The van der Waals surface area contributed by atoms with Gasteiger partial charge in [-0.15, -0.1) is 0 Å². The van der Waals surface area contributed by atoms with E-state index in [-0.39, 0.29) is 24.6 Å². The lowest BCUT2D eigenvalue weighted by Crippen LogP contribution is -2.23. The summed E-state index contributed by atoms with van der Waals surface area (Å²) in [7, 11) is 0. The average molecular weight is 428 g/mol. The van der Waals surface area contributed by atoms with Crippen molar-refractivity contribution in [3.05, 3.63) is 70.4 Å². The lowest BCUT2D eigenvalue weighted by Gasteiger charge is -2.12. The first kappa shape index (κ1) is 21.4. The zero-order chi connectivity index (χ0) is 21.7. The minimum absolute atomic E-state index is 0.159. The molecule has 30 heavy (non-hydrogen) atoms. The normalized spacial score (nSPS) is 10.5. The van der Waals surface area contributed by atoms with Gasteiger partial charge in [0.1, 0.15) is 11.3 Å². The van der Waals surface area contributed by atoms with Crippen LogP contribution in [0.2, 0.25) is 5.02 Å². The van der Waals surface area contributed by atoms with Gasteiger partial charge in [-0.25, -0.2) is 9.48 Å². The van der Waals surface area contributed by atoms with Gasteiger partial charge in [-0.1, -0.05) is 29.8 Å². The van der Waals surface area contributed by atoms with E-state index in [1.807, 2.05) is 44.2 Å².